The van der Waals surface area contributed by atoms with E-state index >= 15 is 0 Å². The van der Waals surface area contributed by atoms with Gasteiger partial charge in [0.25, 0.3) is 0 Å². The molecule has 0 spiro atoms. The van der Waals surface area contributed by atoms with Gasteiger partial charge in [0.2, 0.25) is 0 Å². The molecule has 0 bridgehead atoms. The SMILES string of the molecule is CN1/C(=C/C=O)C(Cc2ccccc2)(Cc2ccccc2)c2ccccc21. The van der Waals surface area contributed by atoms with Crippen molar-refractivity contribution in [2.24, 2.45) is 0 Å². The maximum atomic E-state index is 11.5. The van der Waals surface area contributed by atoms with E-state index in [2.05, 4.69) is 84.7 Å². The first-order valence-electron chi connectivity index (χ1n) is 9.32. The number of para-hydroxylation sites is 1. The average molecular weight is 353 g/mol. The summed E-state index contributed by atoms with van der Waals surface area (Å²) >= 11 is 0. The Morgan fingerprint density at radius 3 is 1.85 bits per heavy atom. The third-order valence-corrected chi connectivity index (χ3v) is 5.56. The maximum absolute atomic E-state index is 11.5. The van der Waals surface area contributed by atoms with Crippen molar-refractivity contribution in [3.63, 3.8) is 0 Å². The molecule has 27 heavy (non-hydrogen) atoms. The number of anilines is 1. The van der Waals surface area contributed by atoms with Crippen LogP contribution in [-0.2, 0) is 23.1 Å². The smallest absolute Gasteiger partial charge is 0.144 e. The zero-order valence-electron chi connectivity index (χ0n) is 15.5. The van der Waals surface area contributed by atoms with Crippen molar-refractivity contribution in [2.75, 3.05) is 11.9 Å². The van der Waals surface area contributed by atoms with Crippen LogP contribution in [0.3, 0.4) is 0 Å². The van der Waals surface area contributed by atoms with Crippen molar-refractivity contribution in [2.45, 2.75) is 18.3 Å². The van der Waals surface area contributed by atoms with Crippen LogP contribution in [0.15, 0.2) is 96.7 Å². The van der Waals surface area contributed by atoms with Gasteiger partial charge in [0.1, 0.15) is 6.29 Å². The van der Waals surface area contributed by atoms with Crippen LogP contribution in [0, 0.1) is 0 Å². The van der Waals surface area contributed by atoms with Crippen LogP contribution in [0.5, 0.6) is 0 Å². The van der Waals surface area contributed by atoms with Gasteiger partial charge in [0.15, 0.2) is 0 Å². The second-order valence-corrected chi connectivity index (χ2v) is 7.17. The Morgan fingerprint density at radius 1 is 0.778 bits per heavy atom. The Balaban J connectivity index is 1.92. The van der Waals surface area contributed by atoms with E-state index in [-0.39, 0.29) is 5.41 Å². The van der Waals surface area contributed by atoms with Crippen LogP contribution in [0.2, 0.25) is 0 Å². The van der Waals surface area contributed by atoms with Crippen LogP contribution in [0.25, 0.3) is 0 Å². The van der Waals surface area contributed by atoms with E-state index in [0.717, 1.165) is 24.8 Å². The standard InChI is InChI=1S/C25H23NO/c1-26-23-15-9-8-14-22(23)25(24(26)16-17-27,18-20-10-4-2-5-11-20)19-21-12-6-3-7-13-21/h2-17H,18-19H2,1H3/b24-16+. The van der Waals surface area contributed by atoms with Gasteiger partial charge in [-0.1, -0.05) is 78.9 Å². The summed E-state index contributed by atoms with van der Waals surface area (Å²) in [7, 11) is 2.06. The minimum atomic E-state index is -0.269. The second kappa shape index (κ2) is 7.24. The van der Waals surface area contributed by atoms with E-state index in [1.165, 1.54) is 22.4 Å². The Hall–Kier alpha value is -3.13. The fourth-order valence-electron chi connectivity index (χ4n) is 4.42. The van der Waals surface area contributed by atoms with E-state index in [1.807, 2.05) is 12.1 Å². The highest BCUT2D eigenvalue weighted by Gasteiger charge is 2.45. The molecule has 2 nitrogen and oxygen atoms in total. The number of aldehydes is 1. The monoisotopic (exact) mass is 353 g/mol. The number of hydrogen-bond donors (Lipinski definition) is 0. The number of fused-ring (bicyclic) bond motifs is 1. The van der Waals surface area contributed by atoms with Crippen molar-refractivity contribution >= 4 is 12.0 Å². The molecular weight excluding hydrogens is 330 g/mol. The van der Waals surface area contributed by atoms with Crippen molar-refractivity contribution in [1.82, 2.24) is 0 Å². The van der Waals surface area contributed by atoms with Gasteiger partial charge in [-0.05, 0) is 41.7 Å². The minimum Gasteiger partial charge on any atom is -0.347 e. The second-order valence-electron chi connectivity index (χ2n) is 7.17. The molecular formula is C25H23NO. The number of rotatable bonds is 5. The van der Waals surface area contributed by atoms with Gasteiger partial charge in [-0.2, -0.15) is 0 Å². The summed E-state index contributed by atoms with van der Waals surface area (Å²) in [6.07, 6.45) is 4.36. The number of nitrogens with zero attached hydrogens (tertiary/aromatic N) is 1. The lowest BCUT2D eigenvalue weighted by Gasteiger charge is -2.33. The summed E-state index contributed by atoms with van der Waals surface area (Å²) in [5, 5.41) is 0. The molecule has 0 fully saturated rings. The van der Waals surface area contributed by atoms with E-state index in [4.69, 9.17) is 0 Å². The molecule has 0 N–H and O–H groups in total. The van der Waals surface area contributed by atoms with Crippen molar-refractivity contribution in [3.8, 4) is 0 Å². The summed E-state index contributed by atoms with van der Waals surface area (Å²) in [6.45, 7) is 0. The number of allylic oxidation sites excluding steroid dienone is 2. The summed E-state index contributed by atoms with van der Waals surface area (Å²) in [5.41, 5.74) is 5.80. The van der Waals surface area contributed by atoms with E-state index in [9.17, 15) is 4.79 Å². The zero-order chi connectivity index (χ0) is 18.7. The topological polar surface area (TPSA) is 20.3 Å². The highest BCUT2D eigenvalue weighted by Crippen LogP contribution is 2.50. The molecule has 0 amide bonds. The number of carbonyl (C=O) groups excluding carboxylic acids is 1. The molecule has 0 radical (unpaired) electrons. The van der Waals surface area contributed by atoms with Gasteiger partial charge in [-0.3, -0.25) is 4.79 Å². The van der Waals surface area contributed by atoms with Gasteiger partial charge in [0, 0.05) is 23.8 Å². The fraction of sp³-hybridized carbons (Fsp3) is 0.160. The third kappa shape index (κ3) is 3.08. The molecule has 0 unspecified atom stereocenters. The molecule has 3 aromatic carbocycles. The predicted molar refractivity (Wildman–Crippen MR) is 111 cm³/mol. The lowest BCUT2D eigenvalue weighted by atomic mass is 9.70. The molecule has 4 rings (SSSR count). The van der Waals surface area contributed by atoms with Crippen molar-refractivity contribution < 1.29 is 4.79 Å². The highest BCUT2D eigenvalue weighted by molar-refractivity contribution is 5.77. The molecule has 1 aliphatic heterocycles. The lowest BCUT2D eigenvalue weighted by molar-refractivity contribution is -0.104. The van der Waals surface area contributed by atoms with Crippen LogP contribution < -0.4 is 4.90 Å². The molecule has 2 heteroatoms. The largest absolute Gasteiger partial charge is 0.347 e. The molecule has 134 valence electrons. The average Bonchev–Trinajstić information content (AvgIpc) is 2.93. The number of benzene rings is 3. The van der Waals surface area contributed by atoms with Crippen LogP contribution in [0.1, 0.15) is 16.7 Å². The fourth-order valence-corrected chi connectivity index (χ4v) is 4.42. The zero-order valence-corrected chi connectivity index (χ0v) is 15.5. The minimum absolute atomic E-state index is 0.269. The Labute approximate surface area is 160 Å². The van der Waals surface area contributed by atoms with Gasteiger partial charge in [0.05, 0.1) is 0 Å². The Morgan fingerprint density at radius 2 is 1.30 bits per heavy atom. The third-order valence-electron chi connectivity index (χ3n) is 5.56. The number of carbonyl (C=O) groups is 1. The van der Waals surface area contributed by atoms with E-state index < -0.39 is 0 Å². The van der Waals surface area contributed by atoms with Crippen LogP contribution in [0.4, 0.5) is 5.69 Å². The first kappa shape index (κ1) is 17.3. The summed E-state index contributed by atoms with van der Waals surface area (Å²) in [5.74, 6) is 0. The highest BCUT2D eigenvalue weighted by atomic mass is 16.1. The molecule has 1 heterocycles. The molecule has 1 aliphatic rings. The molecule has 0 aromatic heterocycles. The summed E-state index contributed by atoms with van der Waals surface area (Å²) in [4.78, 5) is 13.7. The number of likely N-dealkylation sites (N-methyl/N-ethyl adjacent to an activating group) is 1. The van der Waals surface area contributed by atoms with Gasteiger partial charge >= 0.3 is 0 Å². The maximum Gasteiger partial charge on any atom is 0.144 e. The Kier molecular flexibility index (Phi) is 4.64. The van der Waals surface area contributed by atoms with Gasteiger partial charge < -0.3 is 4.90 Å². The molecule has 3 aromatic rings. The van der Waals surface area contributed by atoms with E-state index in [1.54, 1.807) is 6.08 Å². The van der Waals surface area contributed by atoms with Crippen LogP contribution in [-0.4, -0.2) is 13.3 Å². The number of hydrogen-bond acceptors (Lipinski definition) is 2. The first-order chi connectivity index (χ1) is 13.2. The van der Waals surface area contributed by atoms with Gasteiger partial charge in [-0.25, -0.2) is 0 Å². The van der Waals surface area contributed by atoms with Gasteiger partial charge in [-0.15, -0.1) is 0 Å². The quantitative estimate of drug-likeness (QED) is 0.478. The normalized spacial score (nSPS) is 16.3. The predicted octanol–water partition coefficient (Wildman–Crippen LogP) is 4.94. The van der Waals surface area contributed by atoms with E-state index in [0.29, 0.717) is 0 Å². The molecule has 0 saturated carbocycles. The first-order valence-corrected chi connectivity index (χ1v) is 9.32. The van der Waals surface area contributed by atoms with Crippen molar-refractivity contribution in [3.05, 3.63) is 113 Å². The van der Waals surface area contributed by atoms with Crippen LogP contribution >= 0.6 is 0 Å². The summed E-state index contributed by atoms with van der Waals surface area (Å²) in [6, 6.07) is 29.6. The van der Waals surface area contributed by atoms with Crippen molar-refractivity contribution in [1.29, 1.82) is 0 Å². The lowest BCUT2D eigenvalue weighted by Crippen LogP contribution is -2.34. The Bertz CT molecular complexity index is 918. The summed E-state index contributed by atoms with van der Waals surface area (Å²) < 4.78 is 0. The molecule has 0 atom stereocenters. The molecule has 0 aliphatic carbocycles. The molecule has 0 saturated heterocycles.